The van der Waals surface area contributed by atoms with Crippen molar-refractivity contribution in [2.24, 2.45) is 0 Å². The lowest BCUT2D eigenvalue weighted by atomic mass is 9.81. The topological polar surface area (TPSA) is 87.5 Å². The zero-order valence-corrected chi connectivity index (χ0v) is 17.8. The third-order valence-electron chi connectivity index (χ3n) is 6.45. The monoisotopic (exact) mass is 430 g/mol. The highest BCUT2D eigenvalue weighted by atomic mass is 16.3. The molecule has 0 unspecified atom stereocenters. The molecule has 0 bridgehead atoms. The van der Waals surface area contributed by atoms with Crippen molar-refractivity contribution in [3.63, 3.8) is 0 Å². The van der Waals surface area contributed by atoms with Gasteiger partial charge in [-0.15, -0.1) is 0 Å². The summed E-state index contributed by atoms with van der Waals surface area (Å²) < 4.78 is 5.17. The quantitative estimate of drug-likeness (QED) is 0.629. The Morgan fingerprint density at radius 3 is 2.47 bits per heavy atom. The van der Waals surface area contributed by atoms with E-state index in [4.69, 9.17) is 4.42 Å². The first-order chi connectivity index (χ1) is 15.7. The zero-order chi connectivity index (χ0) is 21.9. The average Bonchev–Trinajstić information content (AvgIpc) is 3.50. The SMILES string of the molecule is O=C(N[C@H]1CC[C@H](c2ccc(NC(=O)N3Cc4ccncc4C3)cc2)CC1)c1ccco1. The molecule has 0 radical (unpaired) electrons. The minimum Gasteiger partial charge on any atom is -0.459 e. The smallest absolute Gasteiger partial charge is 0.322 e. The summed E-state index contributed by atoms with van der Waals surface area (Å²) in [6.45, 7) is 1.20. The number of furan rings is 1. The molecule has 3 heterocycles. The number of carbonyl (C=O) groups is 2. The molecule has 1 aliphatic heterocycles. The predicted octanol–water partition coefficient (Wildman–Crippen LogP) is 4.68. The van der Waals surface area contributed by atoms with Gasteiger partial charge in [0.1, 0.15) is 0 Å². The molecule has 164 valence electrons. The number of carbonyl (C=O) groups excluding carboxylic acids is 2. The van der Waals surface area contributed by atoms with E-state index in [-0.39, 0.29) is 18.0 Å². The van der Waals surface area contributed by atoms with Crippen LogP contribution >= 0.6 is 0 Å². The fourth-order valence-electron chi connectivity index (χ4n) is 4.64. The lowest BCUT2D eigenvalue weighted by Crippen LogP contribution is -2.37. The summed E-state index contributed by atoms with van der Waals surface area (Å²) in [5.41, 5.74) is 4.33. The van der Waals surface area contributed by atoms with E-state index < -0.39 is 0 Å². The van der Waals surface area contributed by atoms with Crippen LogP contribution in [-0.2, 0) is 13.1 Å². The number of nitrogens with one attached hydrogen (secondary N) is 2. The minimum atomic E-state index is -0.143. The normalized spacial score (nSPS) is 19.9. The fraction of sp³-hybridized carbons (Fsp3) is 0.320. The van der Waals surface area contributed by atoms with Crippen LogP contribution in [0.5, 0.6) is 0 Å². The number of rotatable bonds is 4. The fourth-order valence-corrected chi connectivity index (χ4v) is 4.64. The number of fused-ring (bicyclic) bond motifs is 1. The molecule has 3 amide bonds. The van der Waals surface area contributed by atoms with Gasteiger partial charge in [-0.05, 0) is 78.6 Å². The number of hydrogen-bond acceptors (Lipinski definition) is 4. The Morgan fingerprint density at radius 1 is 0.969 bits per heavy atom. The van der Waals surface area contributed by atoms with Crippen LogP contribution in [-0.4, -0.2) is 27.9 Å². The van der Waals surface area contributed by atoms with Crippen molar-refractivity contribution in [1.29, 1.82) is 0 Å². The molecule has 1 aromatic carbocycles. The van der Waals surface area contributed by atoms with Crippen LogP contribution in [0.1, 0.15) is 58.8 Å². The van der Waals surface area contributed by atoms with Gasteiger partial charge in [-0.2, -0.15) is 0 Å². The molecular formula is C25H26N4O3. The Kier molecular flexibility index (Phi) is 5.62. The molecule has 5 rings (SSSR count). The molecule has 32 heavy (non-hydrogen) atoms. The largest absolute Gasteiger partial charge is 0.459 e. The number of amides is 3. The maximum atomic E-state index is 12.6. The molecule has 7 heteroatoms. The summed E-state index contributed by atoms with van der Waals surface area (Å²) in [5, 5.41) is 6.07. The molecule has 2 aromatic heterocycles. The van der Waals surface area contributed by atoms with E-state index in [1.807, 2.05) is 24.4 Å². The van der Waals surface area contributed by atoms with Crippen LogP contribution < -0.4 is 10.6 Å². The zero-order valence-electron chi connectivity index (χ0n) is 17.8. The Balaban J connectivity index is 1.11. The van der Waals surface area contributed by atoms with Crippen LogP contribution in [0.2, 0.25) is 0 Å². The second-order valence-corrected chi connectivity index (χ2v) is 8.55. The summed E-state index contributed by atoms with van der Waals surface area (Å²) >= 11 is 0. The van der Waals surface area contributed by atoms with Crippen LogP contribution in [0.25, 0.3) is 0 Å². The van der Waals surface area contributed by atoms with Gasteiger partial charge >= 0.3 is 6.03 Å². The Morgan fingerprint density at radius 2 is 1.75 bits per heavy atom. The Bertz CT molecular complexity index is 1060. The van der Waals surface area contributed by atoms with Crippen molar-refractivity contribution in [3.05, 3.63) is 83.6 Å². The first-order valence-electron chi connectivity index (χ1n) is 11.1. The third kappa shape index (κ3) is 4.37. The lowest BCUT2D eigenvalue weighted by molar-refractivity contribution is 0.0897. The number of anilines is 1. The van der Waals surface area contributed by atoms with Gasteiger partial charge in [0, 0.05) is 37.2 Å². The third-order valence-corrected chi connectivity index (χ3v) is 6.45. The van der Waals surface area contributed by atoms with Crippen LogP contribution in [0.15, 0.2) is 65.5 Å². The molecule has 0 spiro atoms. The first kappa shape index (κ1) is 20.3. The van der Waals surface area contributed by atoms with Gasteiger partial charge in [0.2, 0.25) is 0 Å². The van der Waals surface area contributed by atoms with Gasteiger partial charge in [0.25, 0.3) is 5.91 Å². The average molecular weight is 431 g/mol. The van der Waals surface area contributed by atoms with E-state index in [0.717, 1.165) is 42.5 Å². The van der Waals surface area contributed by atoms with Gasteiger partial charge in [-0.25, -0.2) is 4.79 Å². The maximum absolute atomic E-state index is 12.6. The highest BCUT2D eigenvalue weighted by molar-refractivity contribution is 5.91. The van der Waals surface area contributed by atoms with E-state index in [0.29, 0.717) is 24.8 Å². The summed E-state index contributed by atoms with van der Waals surface area (Å²) in [6.07, 6.45) is 9.04. The van der Waals surface area contributed by atoms with Crippen molar-refractivity contribution < 1.29 is 14.0 Å². The second-order valence-electron chi connectivity index (χ2n) is 8.55. The molecule has 1 fully saturated rings. The molecule has 1 saturated carbocycles. The molecule has 2 aliphatic rings. The lowest BCUT2D eigenvalue weighted by Gasteiger charge is -2.29. The molecule has 2 N–H and O–H groups in total. The van der Waals surface area contributed by atoms with Gasteiger partial charge in [-0.1, -0.05) is 12.1 Å². The number of hydrogen-bond donors (Lipinski definition) is 2. The molecular weight excluding hydrogens is 404 g/mol. The van der Waals surface area contributed by atoms with E-state index in [9.17, 15) is 9.59 Å². The van der Waals surface area contributed by atoms with Crippen LogP contribution in [0.3, 0.4) is 0 Å². The highest BCUT2D eigenvalue weighted by Crippen LogP contribution is 2.33. The number of pyridine rings is 1. The number of nitrogens with zero attached hydrogens (tertiary/aromatic N) is 2. The number of urea groups is 1. The summed E-state index contributed by atoms with van der Waals surface area (Å²) in [7, 11) is 0. The predicted molar refractivity (Wildman–Crippen MR) is 120 cm³/mol. The maximum Gasteiger partial charge on any atom is 0.322 e. The molecule has 0 atom stereocenters. The summed E-state index contributed by atoms with van der Waals surface area (Å²) in [5.74, 6) is 0.687. The van der Waals surface area contributed by atoms with Gasteiger partial charge < -0.3 is 20.0 Å². The molecule has 1 aliphatic carbocycles. The first-order valence-corrected chi connectivity index (χ1v) is 11.1. The van der Waals surface area contributed by atoms with Gasteiger partial charge in [0.15, 0.2) is 5.76 Å². The second kappa shape index (κ2) is 8.86. The van der Waals surface area contributed by atoms with Gasteiger partial charge in [-0.3, -0.25) is 9.78 Å². The Labute approximate surface area is 186 Å². The standard InChI is InChI=1S/C25H26N4O3/c30-24(23-2-1-13-32-23)27-21-7-3-17(4-8-21)18-5-9-22(10-6-18)28-25(31)29-15-19-11-12-26-14-20(19)16-29/h1-2,5-6,9-14,17,21H,3-4,7-8,15-16H2,(H,27,30)(H,28,31)/t17-,21-. The van der Waals surface area contributed by atoms with Crippen molar-refractivity contribution in [1.82, 2.24) is 15.2 Å². The van der Waals surface area contributed by atoms with Crippen molar-refractivity contribution in [2.75, 3.05) is 5.32 Å². The Hall–Kier alpha value is -3.61. The van der Waals surface area contributed by atoms with E-state index in [1.54, 1.807) is 23.2 Å². The molecule has 3 aromatic rings. The van der Waals surface area contributed by atoms with Gasteiger partial charge in [0.05, 0.1) is 6.26 Å². The highest BCUT2D eigenvalue weighted by Gasteiger charge is 2.25. The van der Waals surface area contributed by atoms with E-state index in [1.165, 1.54) is 11.8 Å². The number of aromatic nitrogens is 1. The van der Waals surface area contributed by atoms with Crippen molar-refractivity contribution in [2.45, 2.75) is 50.7 Å². The summed E-state index contributed by atoms with van der Waals surface area (Å²) in [6, 6.07) is 13.6. The van der Waals surface area contributed by atoms with Crippen LogP contribution in [0.4, 0.5) is 10.5 Å². The molecule has 7 nitrogen and oxygen atoms in total. The van der Waals surface area contributed by atoms with Crippen molar-refractivity contribution >= 4 is 17.6 Å². The number of benzene rings is 1. The van der Waals surface area contributed by atoms with E-state index >= 15 is 0 Å². The van der Waals surface area contributed by atoms with Crippen molar-refractivity contribution in [3.8, 4) is 0 Å². The minimum absolute atomic E-state index is 0.0956. The molecule has 0 saturated heterocycles. The summed E-state index contributed by atoms with van der Waals surface area (Å²) in [4.78, 5) is 30.7. The van der Waals surface area contributed by atoms with E-state index in [2.05, 4.69) is 27.8 Å². The van der Waals surface area contributed by atoms with Crippen LogP contribution in [0, 0.1) is 0 Å².